The molecule has 0 aliphatic carbocycles. The van der Waals surface area contributed by atoms with E-state index in [0.717, 1.165) is 0 Å². The molecule has 0 unspecified atom stereocenters. The van der Waals surface area contributed by atoms with Crippen molar-refractivity contribution in [1.29, 1.82) is 0 Å². The van der Waals surface area contributed by atoms with Gasteiger partial charge in [0.05, 0.1) is 0 Å². The smallest absolute Gasteiger partial charge is 0.0193 e. The summed E-state index contributed by atoms with van der Waals surface area (Å²) < 4.78 is 0. The van der Waals surface area contributed by atoms with Crippen LogP contribution in [0, 0.1) is 13.8 Å². The van der Waals surface area contributed by atoms with Crippen LogP contribution >= 0.6 is 0 Å². The maximum absolute atomic E-state index is 2.34. The van der Waals surface area contributed by atoms with Crippen LogP contribution in [0.25, 0.3) is 5.57 Å². The SMILES string of the molecule is CCCCCCC(=C(C)C)c1cc(C)ccc1C. The van der Waals surface area contributed by atoms with Gasteiger partial charge in [-0.05, 0) is 57.2 Å². The average molecular weight is 244 g/mol. The first-order chi connectivity index (χ1) is 8.56. The first-order valence-corrected chi connectivity index (χ1v) is 7.30. The molecule has 100 valence electrons. The van der Waals surface area contributed by atoms with Gasteiger partial charge in [-0.15, -0.1) is 0 Å². The van der Waals surface area contributed by atoms with Gasteiger partial charge in [-0.3, -0.25) is 0 Å². The fourth-order valence-corrected chi connectivity index (χ4v) is 2.44. The molecule has 0 N–H and O–H groups in total. The minimum Gasteiger partial charge on any atom is -0.0726 e. The lowest BCUT2D eigenvalue weighted by molar-refractivity contribution is 0.677. The molecule has 0 spiro atoms. The molecule has 0 heteroatoms. The van der Waals surface area contributed by atoms with Crippen molar-refractivity contribution in [2.45, 2.75) is 66.7 Å². The first kappa shape index (κ1) is 15.0. The molecule has 0 fully saturated rings. The highest BCUT2D eigenvalue weighted by Crippen LogP contribution is 2.28. The molecule has 0 nitrogen and oxygen atoms in total. The van der Waals surface area contributed by atoms with E-state index in [4.69, 9.17) is 0 Å². The highest BCUT2D eigenvalue weighted by Gasteiger charge is 2.07. The van der Waals surface area contributed by atoms with Crippen molar-refractivity contribution >= 4 is 5.57 Å². The van der Waals surface area contributed by atoms with E-state index < -0.39 is 0 Å². The predicted octanol–water partition coefficient (Wildman–Crippen LogP) is 6.07. The zero-order chi connectivity index (χ0) is 13.5. The predicted molar refractivity (Wildman–Crippen MR) is 82.9 cm³/mol. The second-order valence-electron chi connectivity index (χ2n) is 5.61. The normalized spacial score (nSPS) is 10.5. The maximum Gasteiger partial charge on any atom is -0.0193 e. The van der Waals surface area contributed by atoms with Crippen molar-refractivity contribution in [3.63, 3.8) is 0 Å². The van der Waals surface area contributed by atoms with Crippen LogP contribution in [0.3, 0.4) is 0 Å². The molecular weight excluding hydrogens is 216 g/mol. The summed E-state index contributed by atoms with van der Waals surface area (Å²) in [5.41, 5.74) is 7.27. The van der Waals surface area contributed by atoms with Gasteiger partial charge < -0.3 is 0 Å². The van der Waals surface area contributed by atoms with Crippen molar-refractivity contribution in [2.24, 2.45) is 0 Å². The Labute approximate surface area is 113 Å². The quantitative estimate of drug-likeness (QED) is 0.533. The van der Waals surface area contributed by atoms with E-state index in [1.807, 2.05) is 0 Å². The van der Waals surface area contributed by atoms with Crippen molar-refractivity contribution in [3.05, 3.63) is 40.5 Å². The third-order valence-electron chi connectivity index (χ3n) is 3.60. The standard InChI is InChI=1S/C18H28/c1-6-7-8-9-10-17(14(2)3)18-13-15(4)11-12-16(18)5/h11-13H,6-10H2,1-5H3. The van der Waals surface area contributed by atoms with Gasteiger partial charge in [0.15, 0.2) is 0 Å². The summed E-state index contributed by atoms with van der Waals surface area (Å²) in [6.07, 6.45) is 6.59. The Morgan fingerprint density at radius 3 is 2.33 bits per heavy atom. The van der Waals surface area contributed by atoms with Gasteiger partial charge in [-0.25, -0.2) is 0 Å². The Balaban J connectivity index is 2.86. The summed E-state index contributed by atoms with van der Waals surface area (Å²) in [6, 6.07) is 6.80. The number of allylic oxidation sites excluding steroid dienone is 2. The van der Waals surface area contributed by atoms with Crippen LogP contribution in [-0.4, -0.2) is 0 Å². The van der Waals surface area contributed by atoms with E-state index in [1.165, 1.54) is 54.4 Å². The summed E-state index contributed by atoms with van der Waals surface area (Å²) in [4.78, 5) is 0. The third kappa shape index (κ3) is 4.33. The van der Waals surface area contributed by atoms with Crippen molar-refractivity contribution in [1.82, 2.24) is 0 Å². The summed E-state index contributed by atoms with van der Waals surface area (Å²) in [6.45, 7) is 11.2. The fraction of sp³-hybridized carbons (Fsp3) is 0.556. The largest absolute Gasteiger partial charge is 0.0726 e. The van der Waals surface area contributed by atoms with E-state index >= 15 is 0 Å². The fourth-order valence-electron chi connectivity index (χ4n) is 2.44. The van der Waals surface area contributed by atoms with E-state index in [-0.39, 0.29) is 0 Å². The van der Waals surface area contributed by atoms with Gasteiger partial charge in [0.1, 0.15) is 0 Å². The molecular formula is C18H28. The van der Waals surface area contributed by atoms with Crippen LogP contribution in [0.2, 0.25) is 0 Å². The Morgan fingerprint density at radius 2 is 1.72 bits per heavy atom. The monoisotopic (exact) mass is 244 g/mol. The van der Waals surface area contributed by atoms with Crippen LogP contribution in [-0.2, 0) is 0 Å². The van der Waals surface area contributed by atoms with E-state index in [2.05, 4.69) is 52.8 Å². The summed E-state index contributed by atoms with van der Waals surface area (Å²) in [5, 5.41) is 0. The molecule has 1 aromatic rings. The van der Waals surface area contributed by atoms with Crippen LogP contribution in [0.4, 0.5) is 0 Å². The molecule has 0 atom stereocenters. The number of hydrogen-bond acceptors (Lipinski definition) is 0. The van der Waals surface area contributed by atoms with E-state index in [9.17, 15) is 0 Å². The lowest BCUT2D eigenvalue weighted by Gasteiger charge is -2.14. The summed E-state index contributed by atoms with van der Waals surface area (Å²) in [7, 11) is 0. The number of aryl methyl sites for hydroxylation is 2. The molecule has 1 rings (SSSR count). The highest BCUT2D eigenvalue weighted by atomic mass is 14.1. The number of rotatable bonds is 6. The Kier molecular flexibility index (Phi) is 6.18. The second kappa shape index (κ2) is 7.41. The molecule has 0 heterocycles. The molecule has 0 radical (unpaired) electrons. The van der Waals surface area contributed by atoms with Crippen LogP contribution < -0.4 is 0 Å². The van der Waals surface area contributed by atoms with E-state index in [0.29, 0.717) is 0 Å². The van der Waals surface area contributed by atoms with E-state index in [1.54, 1.807) is 5.57 Å². The number of benzene rings is 1. The lowest BCUT2D eigenvalue weighted by atomic mass is 9.91. The van der Waals surface area contributed by atoms with Crippen LogP contribution in [0.5, 0.6) is 0 Å². The van der Waals surface area contributed by atoms with Gasteiger partial charge >= 0.3 is 0 Å². The molecule has 0 aromatic heterocycles. The minimum absolute atomic E-state index is 1.23. The first-order valence-electron chi connectivity index (χ1n) is 7.30. The number of hydrogen-bond donors (Lipinski definition) is 0. The Hall–Kier alpha value is -1.04. The van der Waals surface area contributed by atoms with Gasteiger partial charge in [0.2, 0.25) is 0 Å². The zero-order valence-electron chi connectivity index (χ0n) is 12.8. The van der Waals surface area contributed by atoms with Crippen molar-refractivity contribution < 1.29 is 0 Å². The van der Waals surface area contributed by atoms with Crippen molar-refractivity contribution in [2.75, 3.05) is 0 Å². The molecule has 0 aliphatic heterocycles. The van der Waals surface area contributed by atoms with Crippen molar-refractivity contribution in [3.8, 4) is 0 Å². The topological polar surface area (TPSA) is 0 Å². The van der Waals surface area contributed by atoms with Gasteiger partial charge in [0.25, 0.3) is 0 Å². The number of unbranched alkanes of at least 4 members (excludes halogenated alkanes) is 3. The highest BCUT2D eigenvalue weighted by molar-refractivity contribution is 5.70. The molecule has 0 saturated carbocycles. The van der Waals surface area contributed by atoms with Gasteiger partial charge in [-0.2, -0.15) is 0 Å². The lowest BCUT2D eigenvalue weighted by Crippen LogP contribution is -1.93. The molecule has 0 bridgehead atoms. The summed E-state index contributed by atoms with van der Waals surface area (Å²) >= 11 is 0. The average Bonchev–Trinajstić information content (AvgIpc) is 2.32. The Morgan fingerprint density at radius 1 is 1.00 bits per heavy atom. The van der Waals surface area contributed by atoms with Gasteiger partial charge in [-0.1, -0.05) is 55.5 Å². The minimum atomic E-state index is 1.23. The molecule has 0 saturated heterocycles. The second-order valence-corrected chi connectivity index (χ2v) is 5.61. The molecule has 1 aromatic carbocycles. The van der Waals surface area contributed by atoms with Crippen LogP contribution in [0.15, 0.2) is 23.8 Å². The molecule has 0 aliphatic rings. The van der Waals surface area contributed by atoms with Crippen LogP contribution in [0.1, 0.15) is 69.6 Å². The zero-order valence-corrected chi connectivity index (χ0v) is 12.8. The maximum atomic E-state index is 2.34. The molecule has 0 amide bonds. The third-order valence-corrected chi connectivity index (χ3v) is 3.60. The van der Waals surface area contributed by atoms with Gasteiger partial charge in [0, 0.05) is 0 Å². The molecule has 18 heavy (non-hydrogen) atoms. The summed E-state index contributed by atoms with van der Waals surface area (Å²) in [5.74, 6) is 0. The Bertz CT molecular complexity index is 406.